The van der Waals surface area contributed by atoms with E-state index in [4.69, 9.17) is 11.6 Å². The summed E-state index contributed by atoms with van der Waals surface area (Å²) in [5, 5.41) is 13.9. The molecule has 0 spiro atoms. The van der Waals surface area contributed by atoms with Gasteiger partial charge in [-0.25, -0.2) is 0 Å². The van der Waals surface area contributed by atoms with Gasteiger partial charge >= 0.3 is 0 Å². The quantitative estimate of drug-likeness (QED) is 0.828. The number of hydrogen-bond acceptors (Lipinski definition) is 4. The summed E-state index contributed by atoms with van der Waals surface area (Å²) in [4.78, 5) is 2.33. The Bertz CT molecular complexity index is 571. The Morgan fingerprint density at radius 2 is 1.90 bits per heavy atom. The molecule has 1 heterocycles. The van der Waals surface area contributed by atoms with Crippen LogP contribution in [0.1, 0.15) is 20.3 Å². The fourth-order valence-electron chi connectivity index (χ4n) is 2.00. The number of nitrogens with zero attached hydrogens (tertiary/aromatic N) is 3. The van der Waals surface area contributed by atoms with Crippen molar-refractivity contribution in [1.29, 1.82) is 0 Å². The molecule has 0 amide bonds. The monoisotopic (exact) mass is 292 g/mol. The minimum atomic E-state index is 0.450. The average Bonchev–Trinajstić information content (AvgIpc) is 2.45. The van der Waals surface area contributed by atoms with Gasteiger partial charge in [0.05, 0.1) is 0 Å². The van der Waals surface area contributed by atoms with Crippen LogP contribution in [0.25, 0.3) is 10.8 Å². The number of anilines is 1. The number of aromatic nitrogens is 2. The molecule has 0 bridgehead atoms. The Balaban J connectivity index is 1.99. The highest BCUT2D eigenvalue weighted by Gasteiger charge is 2.07. The number of rotatable bonds is 6. The smallest absolute Gasteiger partial charge is 0.159 e. The van der Waals surface area contributed by atoms with Crippen LogP contribution in [0.3, 0.4) is 0 Å². The van der Waals surface area contributed by atoms with E-state index < -0.39 is 0 Å². The SMILES string of the molecule is CC(C)N(C)CCCNc1nnc(Cl)c2ccccc12. The minimum Gasteiger partial charge on any atom is -0.368 e. The third kappa shape index (κ3) is 3.58. The van der Waals surface area contributed by atoms with Crippen LogP contribution >= 0.6 is 11.6 Å². The van der Waals surface area contributed by atoms with Gasteiger partial charge in [-0.2, -0.15) is 0 Å². The van der Waals surface area contributed by atoms with E-state index in [9.17, 15) is 0 Å². The Morgan fingerprint density at radius 3 is 2.60 bits per heavy atom. The third-order valence-electron chi connectivity index (χ3n) is 3.50. The zero-order valence-corrected chi connectivity index (χ0v) is 13.0. The first-order valence-electron chi connectivity index (χ1n) is 6.94. The molecular formula is C15H21ClN4. The van der Waals surface area contributed by atoms with Crippen LogP contribution < -0.4 is 5.32 Å². The number of benzene rings is 1. The van der Waals surface area contributed by atoms with Crippen LogP contribution in [0, 0.1) is 0 Å². The third-order valence-corrected chi connectivity index (χ3v) is 3.78. The van der Waals surface area contributed by atoms with Gasteiger partial charge in [0, 0.05) is 23.4 Å². The van der Waals surface area contributed by atoms with Crippen molar-refractivity contribution in [3.05, 3.63) is 29.4 Å². The summed E-state index contributed by atoms with van der Waals surface area (Å²) in [5.74, 6) is 0.803. The fourth-order valence-corrected chi connectivity index (χ4v) is 2.20. The molecule has 1 aromatic carbocycles. The van der Waals surface area contributed by atoms with Crippen molar-refractivity contribution in [1.82, 2.24) is 15.1 Å². The van der Waals surface area contributed by atoms with Gasteiger partial charge in [0.2, 0.25) is 0 Å². The molecule has 20 heavy (non-hydrogen) atoms. The minimum absolute atomic E-state index is 0.450. The van der Waals surface area contributed by atoms with Crippen LogP contribution in [0.4, 0.5) is 5.82 Å². The topological polar surface area (TPSA) is 41.0 Å². The van der Waals surface area contributed by atoms with Crippen LogP contribution in [-0.4, -0.2) is 41.3 Å². The highest BCUT2D eigenvalue weighted by Crippen LogP contribution is 2.25. The Labute approximate surface area is 125 Å². The molecule has 0 aliphatic carbocycles. The van der Waals surface area contributed by atoms with Crippen LogP contribution in [0.5, 0.6) is 0 Å². The molecule has 0 aliphatic rings. The summed E-state index contributed by atoms with van der Waals surface area (Å²) in [7, 11) is 2.14. The molecule has 2 aromatic rings. The fraction of sp³-hybridized carbons (Fsp3) is 0.467. The predicted octanol–water partition coefficient (Wildman–Crippen LogP) is 3.43. The average molecular weight is 293 g/mol. The van der Waals surface area contributed by atoms with Crippen molar-refractivity contribution in [2.24, 2.45) is 0 Å². The number of hydrogen-bond donors (Lipinski definition) is 1. The molecular weight excluding hydrogens is 272 g/mol. The van der Waals surface area contributed by atoms with Gasteiger partial charge in [-0.1, -0.05) is 35.9 Å². The Kier molecular flexibility index (Phi) is 5.15. The van der Waals surface area contributed by atoms with Crippen molar-refractivity contribution < 1.29 is 0 Å². The highest BCUT2D eigenvalue weighted by atomic mass is 35.5. The van der Waals surface area contributed by atoms with Crippen molar-refractivity contribution in [2.45, 2.75) is 26.3 Å². The number of fused-ring (bicyclic) bond motifs is 1. The Morgan fingerprint density at radius 1 is 1.20 bits per heavy atom. The first-order chi connectivity index (χ1) is 9.59. The lowest BCUT2D eigenvalue weighted by Crippen LogP contribution is -2.28. The molecule has 4 nitrogen and oxygen atoms in total. The van der Waals surface area contributed by atoms with Crippen molar-refractivity contribution in [2.75, 3.05) is 25.5 Å². The van der Waals surface area contributed by atoms with E-state index in [0.717, 1.165) is 36.1 Å². The summed E-state index contributed by atoms with van der Waals surface area (Å²) in [6, 6.07) is 8.49. The van der Waals surface area contributed by atoms with Crippen LogP contribution in [0.15, 0.2) is 24.3 Å². The van der Waals surface area contributed by atoms with E-state index in [1.165, 1.54) is 0 Å². The van der Waals surface area contributed by atoms with Crippen LogP contribution in [-0.2, 0) is 0 Å². The molecule has 0 saturated carbocycles. The van der Waals surface area contributed by atoms with E-state index in [1.807, 2.05) is 24.3 Å². The lowest BCUT2D eigenvalue weighted by atomic mass is 10.2. The van der Waals surface area contributed by atoms with E-state index in [1.54, 1.807) is 0 Å². The van der Waals surface area contributed by atoms with Gasteiger partial charge in [-0.3, -0.25) is 0 Å². The predicted molar refractivity (Wildman–Crippen MR) is 85.4 cm³/mol. The molecule has 0 radical (unpaired) electrons. The van der Waals surface area contributed by atoms with Gasteiger partial charge in [-0.05, 0) is 33.9 Å². The first-order valence-corrected chi connectivity index (χ1v) is 7.32. The van der Waals surface area contributed by atoms with Gasteiger partial charge in [0.1, 0.15) is 0 Å². The first kappa shape index (κ1) is 15.0. The second kappa shape index (κ2) is 6.86. The molecule has 0 unspecified atom stereocenters. The van der Waals surface area contributed by atoms with E-state index in [0.29, 0.717) is 11.2 Å². The highest BCUT2D eigenvalue weighted by molar-refractivity contribution is 6.34. The summed E-state index contributed by atoms with van der Waals surface area (Å²) in [6.45, 7) is 6.33. The zero-order chi connectivity index (χ0) is 14.5. The molecule has 0 atom stereocenters. The van der Waals surface area contributed by atoms with Crippen molar-refractivity contribution >= 4 is 28.2 Å². The molecule has 1 N–H and O–H groups in total. The molecule has 108 valence electrons. The van der Waals surface area contributed by atoms with Gasteiger partial charge in [0.15, 0.2) is 11.0 Å². The maximum Gasteiger partial charge on any atom is 0.159 e. The Hall–Kier alpha value is -1.39. The molecule has 2 rings (SSSR count). The molecule has 0 fully saturated rings. The van der Waals surface area contributed by atoms with E-state index >= 15 is 0 Å². The van der Waals surface area contributed by atoms with E-state index in [2.05, 4.69) is 41.3 Å². The summed E-state index contributed by atoms with van der Waals surface area (Å²) in [5.41, 5.74) is 0. The summed E-state index contributed by atoms with van der Waals surface area (Å²) < 4.78 is 0. The van der Waals surface area contributed by atoms with Gasteiger partial charge in [0.25, 0.3) is 0 Å². The number of halogens is 1. The van der Waals surface area contributed by atoms with Crippen LogP contribution in [0.2, 0.25) is 5.15 Å². The maximum absolute atomic E-state index is 6.06. The van der Waals surface area contributed by atoms with Crippen molar-refractivity contribution in [3.8, 4) is 0 Å². The summed E-state index contributed by atoms with van der Waals surface area (Å²) >= 11 is 6.06. The zero-order valence-electron chi connectivity index (χ0n) is 12.2. The second-order valence-corrected chi connectivity index (χ2v) is 5.60. The van der Waals surface area contributed by atoms with E-state index in [-0.39, 0.29) is 0 Å². The molecule has 1 aromatic heterocycles. The lowest BCUT2D eigenvalue weighted by molar-refractivity contribution is 0.273. The molecule has 0 aliphatic heterocycles. The lowest BCUT2D eigenvalue weighted by Gasteiger charge is -2.20. The second-order valence-electron chi connectivity index (χ2n) is 5.24. The number of nitrogens with one attached hydrogen (secondary N) is 1. The normalized spacial score (nSPS) is 11.5. The molecule has 0 saturated heterocycles. The summed E-state index contributed by atoms with van der Waals surface area (Å²) in [6.07, 6.45) is 1.06. The largest absolute Gasteiger partial charge is 0.368 e. The van der Waals surface area contributed by atoms with Gasteiger partial charge in [-0.15, -0.1) is 10.2 Å². The van der Waals surface area contributed by atoms with Gasteiger partial charge < -0.3 is 10.2 Å². The maximum atomic E-state index is 6.06. The molecule has 5 heteroatoms. The standard InChI is InChI=1S/C15H21ClN4/c1-11(2)20(3)10-6-9-17-15-13-8-5-4-7-12(13)14(16)18-19-15/h4-5,7-8,11H,6,9-10H2,1-3H3,(H,17,19). The van der Waals surface area contributed by atoms with Crippen molar-refractivity contribution in [3.63, 3.8) is 0 Å².